The Balaban J connectivity index is 1.88. The maximum Gasteiger partial charge on any atom is 0.408 e. The van der Waals surface area contributed by atoms with E-state index in [1.54, 1.807) is 6.07 Å². The predicted molar refractivity (Wildman–Crippen MR) is 103 cm³/mol. The zero-order chi connectivity index (χ0) is 22.3. The number of carboxylic acid groups (broad SMARTS) is 2. The summed E-state index contributed by atoms with van der Waals surface area (Å²) in [7, 11) is 0. The van der Waals surface area contributed by atoms with Crippen molar-refractivity contribution in [2.75, 3.05) is 6.61 Å². The second-order valence-corrected chi connectivity index (χ2v) is 7.94. The number of ether oxygens (including phenoxy) is 2. The number of carboxylic acids is 2. The summed E-state index contributed by atoms with van der Waals surface area (Å²) in [4.78, 5) is 35.8. The van der Waals surface area contributed by atoms with Crippen LogP contribution in [0.2, 0.25) is 10.0 Å². The average molecular weight is 462 g/mol. The highest BCUT2D eigenvalue weighted by Gasteiger charge is 2.86. The number of alkyl carbamates (subject to hydrolysis) is 1. The van der Waals surface area contributed by atoms with E-state index in [4.69, 9.17) is 32.7 Å². The third-order valence-electron chi connectivity index (χ3n) is 5.51. The molecule has 0 aromatic heterocycles. The topological polar surface area (TPSA) is 122 Å². The molecule has 5 atom stereocenters. The first-order valence-electron chi connectivity index (χ1n) is 8.86. The van der Waals surface area contributed by atoms with Crippen molar-refractivity contribution in [3.05, 3.63) is 46.5 Å². The van der Waals surface area contributed by atoms with Crippen LogP contribution in [-0.4, -0.2) is 52.2 Å². The molecule has 11 heteroatoms. The van der Waals surface area contributed by atoms with Crippen LogP contribution < -0.4 is 5.32 Å². The number of amides is 1. The fourth-order valence-corrected chi connectivity index (χ4v) is 4.46. The predicted octanol–water partition coefficient (Wildman–Crippen LogP) is 3.06. The fourth-order valence-electron chi connectivity index (χ4n) is 4.14. The molecule has 2 saturated carbocycles. The molecule has 0 bridgehead atoms. The Morgan fingerprint density at radius 2 is 1.97 bits per heavy atom. The molecule has 0 radical (unpaired) electrons. The first-order chi connectivity index (χ1) is 14.1. The number of hydrogen-bond acceptors (Lipinski definition) is 5. The van der Waals surface area contributed by atoms with Crippen LogP contribution in [0.1, 0.15) is 12.0 Å². The largest absolute Gasteiger partial charge is 0.479 e. The summed E-state index contributed by atoms with van der Waals surface area (Å²) in [6.07, 6.45) is -1.32. The summed E-state index contributed by atoms with van der Waals surface area (Å²) in [6.45, 7) is 3.04. The van der Waals surface area contributed by atoms with Crippen LogP contribution in [0.5, 0.6) is 0 Å². The van der Waals surface area contributed by atoms with Gasteiger partial charge in [-0.25, -0.2) is 18.8 Å². The molecule has 0 unspecified atom stereocenters. The van der Waals surface area contributed by atoms with Crippen LogP contribution in [0.15, 0.2) is 30.9 Å². The lowest BCUT2D eigenvalue weighted by atomic mass is 9.86. The van der Waals surface area contributed by atoms with Gasteiger partial charge in [-0.3, -0.25) is 0 Å². The summed E-state index contributed by atoms with van der Waals surface area (Å²) in [5.74, 6) is -6.06. The van der Waals surface area contributed by atoms with Gasteiger partial charge in [0.25, 0.3) is 0 Å². The van der Waals surface area contributed by atoms with Crippen LogP contribution >= 0.6 is 23.2 Å². The van der Waals surface area contributed by atoms with Gasteiger partial charge in [-0.05, 0) is 24.1 Å². The molecule has 2 aliphatic carbocycles. The third kappa shape index (κ3) is 3.51. The van der Waals surface area contributed by atoms with Crippen molar-refractivity contribution in [3.8, 4) is 0 Å². The minimum absolute atomic E-state index is 0.119. The van der Waals surface area contributed by atoms with Gasteiger partial charge < -0.3 is 25.0 Å². The molecule has 1 amide bonds. The highest BCUT2D eigenvalue weighted by atomic mass is 35.5. The van der Waals surface area contributed by atoms with Crippen LogP contribution in [0.4, 0.5) is 9.18 Å². The standard InChI is InChI=1S/C19H18Cl2FNO7/c1-2-5-29-17(28)23-19(16(26)27)13(7-10-14(19)18(10,22)15(24)25)30-8-9-3-4-11(20)12(21)6-9/h2-4,6,10,13-14H,1,5,7-8H2,(H,23,28)(H,24,25)(H,26,27)/t10-,13-,14+,18-,19+/m1/s1. The lowest BCUT2D eigenvalue weighted by molar-refractivity contribution is -0.158. The number of nitrogens with one attached hydrogen (secondary N) is 1. The van der Waals surface area contributed by atoms with Crippen molar-refractivity contribution < 1.29 is 38.5 Å². The van der Waals surface area contributed by atoms with E-state index in [1.807, 2.05) is 0 Å². The highest BCUT2D eigenvalue weighted by molar-refractivity contribution is 6.42. The molecule has 0 spiro atoms. The summed E-state index contributed by atoms with van der Waals surface area (Å²) < 4.78 is 25.4. The van der Waals surface area contributed by atoms with E-state index < -0.39 is 47.2 Å². The van der Waals surface area contributed by atoms with Gasteiger partial charge >= 0.3 is 18.0 Å². The molecule has 3 N–H and O–H groups in total. The van der Waals surface area contributed by atoms with E-state index in [0.717, 1.165) is 0 Å². The van der Waals surface area contributed by atoms with Crippen LogP contribution in [0.25, 0.3) is 0 Å². The fraction of sp³-hybridized carbons (Fsp3) is 0.421. The number of aliphatic carboxylic acids is 2. The number of halogens is 3. The quantitative estimate of drug-likeness (QED) is 0.508. The molecular weight excluding hydrogens is 444 g/mol. The van der Waals surface area contributed by atoms with Gasteiger partial charge in [-0.2, -0.15) is 0 Å². The van der Waals surface area contributed by atoms with E-state index >= 15 is 0 Å². The number of fused-ring (bicyclic) bond motifs is 1. The molecule has 0 aliphatic heterocycles. The molecule has 0 saturated heterocycles. The number of benzene rings is 1. The Morgan fingerprint density at radius 3 is 2.53 bits per heavy atom. The average Bonchev–Trinajstić information content (AvgIpc) is 3.13. The first-order valence-corrected chi connectivity index (χ1v) is 9.61. The molecule has 2 fully saturated rings. The lowest BCUT2D eigenvalue weighted by Gasteiger charge is -2.35. The molecule has 1 aromatic rings. The van der Waals surface area contributed by atoms with Crippen molar-refractivity contribution in [1.29, 1.82) is 0 Å². The Bertz CT molecular complexity index is 913. The Labute approximate surface area is 180 Å². The van der Waals surface area contributed by atoms with Gasteiger partial charge in [0.05, 0.1) is 22.8 Å². The van der Waals surface area contributed by atoms with E-state index in [1.165, 1.54) is 18.2 Å². The number of carbonyl (C=O) groups excluding carboxylic acids is 1. The van der Waals surface area contributed by atoms with Gasteiger partial charge in [0.15, 0.2) is 5.54 Å². The Morgan fingerprint density at radius 1 is 1.27 bits per heavy atom. The van der Waals surface area contributed by atoms with Crippen molar-refractivity contribution in [2.45, 2.75) is 30.3 Å². The van der Waals surface area contributed by atoms with E-state index in [9.17, 15) is 29.0 Å². The zero-order valence-electron chi connectivity index (χ0n) is 15.4. The van der Waals surface area contributed by atoms with E-state index in [2.05, 4.69) is 11.9 Å². The van der Waals surface area contributed by atoms with Crippen LogP contribution in [0.3, 0.4) is 0 Å². The van der Waals surface area contributed by atoms with E-state index in [0.29, 0.717) is 10.6 Å². The van der Waals surface area contributed by atoms with E-state index in [-0.39, 0.29) is 24.7 Å². The van der Waals surface area contributed by atoms with Gasteiger partial charge in [-0.1, -0.05) is 41.9 Å². The molecular formula is C19H18Cl2FNO7. The second-order valence-electron chi connectivity index (χ2n) is 7.13. The van der Waals surface area contributed by atoms with Gasteiger partial charge in [0, 0.05) is 11.8 Å². The smallest absolute Gasteiger partial charge is 0.408 e. The maximum atomic E-state index is 15.0. The molecule has 0 heterocycles. The molecule has 8 nitrogen and oxygen atoms in total. The molecule has 30 heavy (non-hydrogen) atoms. The monoisotopic (exact) mass is 461 g/mol. The van der Waals surface area contributed by atoms with Gasteiger partial charge in [-0.15, -0.1) is 0 Å². The van der Waals surface area contributed by atoms with Crippen molar-refractivity contribution in [2.24, 2.45) is 11.8 Å². The van der Waals surface area contributed by atoms with Gasteiger partial charge in [0.2, 0.25) is 5.67 Å². The van der Waals surface area contributed by atoms with Crippen LogP contribution in [-0.2, 0) is 25.7 Å². The second kappa shape index (κ2) is 8.05. The lowest BCUT2D eigenvalue weighted by Crippen LogP contribution is -2.64. The van der Waals surface area contributed by atoms with Crippen molar-refractivity contribution >= 4 is 41.2 Å². The molecule has 162 valence electrons. The minimum Gasteiger partial charge on any atom is -0.479 e. The molecule has 2 aliphatic rings. The number of rotatable bonds is 8. The normalized spacial score (nSPS) is 31.5. The Hall–Kier alpha value is -2.36. The minimum atomic E-state index is -2.78. The van der Waals surface area contributed by atoms with Crippen LogP contribution in [0, 0.1) is 11.8 Å². The van der Waals surface area contributed by atoms with Crippen molar-refractivity contribution in [3.63, 3.8) is 0 Å². The molecule has 1 aromatic carbocycles. The third-order valence-corrected chi connectivity index (χ3v) is 6.25. The zero-order valence-corrected chi connectivity index (χ0v) is 17.0. The Kier molecular flexibility index (Phi) is 5.99. The number of hydrogen-bond donors (Lipinski definition) is 3. The summed E-state index contributed by atoms with van der Waals surface area (Å²) in [6, 6.07) is 4.65. The summed E-state index contributed by atoms with van der Waals surface area (Å²) >= 11 is 11.8. The number of carbonyl (C=O) groups is 3. The first kappa shape index (κ1) is 22.3. The summed E-state index contributed by atoms with van der Waals surface area (Å²) in [5, 5.41) is 21.9. The highest BCUT2D eigenvalue weighted by Crippen LogP contribution is 2.68. The van der Waals surface area contributed by atoms with Gasteiger partial charge in [0.1, 0.15) is 6.61 Å². The SMILES string of the molecule is C=CCOC(=O)N[C@@]1(C(=O)O)[C@H](OCc2ccc(Cl)c(Cl)c2)C[C@@H]2[C@H]1[C@@]2(F)C(=O)O. The summed E-state index contributed by atoms with van der Waals surface area (Å²) in [5.41, 5.74) is -4.55. The van der Waals surface area contributed by atoms with Crippen molar-refractivity contribution in [1.82, 2.24) is 5.32 Å². The maximum absolute atomic E-state index is 15.0. The number of alkyl halides is 1. The molecule has 3 rings (SSSR count).